The molecular weight excluding hydrogens is 212 g/mol. The minimum Gasteiger partial charge on any atom is -0.365 e. The van der Waals surface area contributed by atoms with E-state index in [4.69, 9.17) is 0 Å². The number of hydrogen-bond donors (Lipinski definition) is 1. The fourth-order valence-corrected chi connectivity index (χ4v) is 2.08. The third-order valence-corrected chi connectivity index (χ3v) is 3.22. The number of nitrogens with zero attached hydrogens (tertiary/aromatic N) is 1. The number of carbonyl (C=O) groups excluding carboxylic acids is 1. The van der Waals surface area contributed by atoms with Crippen molar-refractivity contribution in [3.8, 4) is 0 Å². The van der Waals surface area contributed by atoms with Gasteiger partial charge in [0.25, 0.3) is 0 Å². The van der Waals surface area contributed by atoms with Gasteiger partial charge in [0.05, 0.1) is 0 Å². The SMILES string of the molecule is CCNCCC1CN1c1ccc(C(C)=O)cc1. The van der Waals surface area contributed by atoms with E-state index < -0.39 is 0 Å². The Hall–Kier alpha value is -1.35. The molecule has 1 atom stereocenters. The molecule has 1 unspecified atom stereocenters. The van der Waals surface area contributed by atoms with Crippen molar-refractivity contribution in [1.82, 2.24) is 5.32 Å². The molecule has 1 heterocycles. The molecule has 1 aromatic carbocycles. The van der Waals surface area contributed by atoms with Gasteiger partial charge in [-0.3, -0.25) is 4.79 Å². The van der Waals surface area contributed by atoms with E-state index in [1.807, 2.05) is 24.3 Å². The highest BCUT2D eigenvalue weighted by atomic mass is 16.1. The maximum Gasteiger partial charge on any atom is 0.159 e. The van der Waals surface area contributed by atoms with Crippen LogP contribution in [0.25, 0.3) is 0 Å². The summed E-state index contributed by atoms with van der Waals surface area (Å²) in [5, 5.41) is 3.34. The van der Waals surface area contributed by atoms with Gasteiger partial charge in [0.1, 0.15) is 0 Å². The number of carbonyl (C=O) groups is 1. The first kappa shape index (κ1) is 12.1. The molecule has 2 rings (SSSR count). The van der Waals surface area contributed by atoms with Crippen LogP contribution in [0.2, 0.25) is 0 Å². The maximum absolute atomic E-state index is 11.2. The van der Waals surface area contributed by atoms with Crippen LogP contribution in [0.5, 0.6) is 0 Å². The van der Waals surface area contributed by atoms with E-state index in [2.05, 4.69) is 17.1 Å². The number of Topliss-reactive ketones (excluding diaryl/α,β-unsaturated/α-hetero) is 1. The Morgan fingerprint density at radius 1 is 1.41 bits per heavy atom. The highest BCUT2D eigenvalue weighted by molar-refractivity contribution is 5.94. The maximum atomic E-state index is 11.2. The molecule has 0 bridgehead atoms. The van der Waals surface area contributed by atoms with E-state index in [-0.39, 0.29) is 5.78 Å². The average Bonchev–Trinajstić information content (AvgIpc) is 3.09. The van der Waals surface area contributed by atoms with Crippen molar-refractivity contribution in [2.45, 2.75) is 26.3 Å². The first-order valence-electron chi connectivity index (χ1n) is 6.30. The predicted octanol–water partition coefficient (Wildman–Crippen LogP) is 2.08. The Morgan fingerprint density at radius 3 is 2.71 bits per heavy atom. The van der Waals surface area contributed by atoms with Crippen LogP contribution >= 0.6 is 0 Å². The van der Waals surface area contributed by atoms with Crippen molar-refractivity contribution >= 4 is 11.5 Å². The van der Waals surface area contributed by atoms with E-state index in [0.717, 1.165) is 25.2 Å². The molecule has 0 aromatic heterocycles. The summed E-state index contributed by atoms with van der Waals surface area (Å²) in [6, 6.07) is 8.60. The van der Waals surface area contributed by atoms with Gasteiger partial charge in [-0.1, -0.05) is 6.92 Å². The molecule has 1 aromatic rings. The Bertz CT molecular complexity index is 386. The Kier molecular flexibility index (Phi) is 3.79. The summed E-state index contributed by atoms with van der Waals surface area (Å²) in [4.78, 5) is 13.5. The number of benzene rings is 1. The molecule has 1 aliphatic rings. The van der Waals surface area contributed by atoms with Crippen LogP contribution in [-0.4, -0.2) is 31.5 Å². The zero-order valence-electron chi connectivity index (χ0n) is 10.6. The monoisotopic (exact) mass is 232 g/mol. The van der Waals surface area contributed by atoms with Crippen LogP contribution in [0.1, 0.15) is 30.6 Å². The normalized spacial score (nSPS) is 18.2. The third-order valence-electron chi connectivity index (χ3n) is 3.22. The summed E-state index contributed by atoms with van der Waals surface area (Å²) in [5.41, 5.74) is 2.02. The Balaban J connectivity index is 1.86. The van der Waals surface area contributed by atoms with Crippen molar-refractivity contribution in [3.05, 3.63) is 29.8 Å². The first-order valence-corrected chi connectivity index (χ1v) is 6.30. The van der Waals surface area contributed by atoms with Crippen molar-refractivity contribution in [2.24, 2.45) is 0 Å². The highest BCUT2D eigenvalue weighted by Crippen LogP contribution is 2.29. The van der Waals surface area contributed by atoms with Gasteiger partial charge in [-0.25, -0.2) is 0 Å². The fraction of sp³-hybridized carbons (Fsp3) is 0.500. The second kappa shape index (κ2) is 5.32. The molecule has 0 amide bonds. The number of hydrogen-bond acceptors (Lipinski definition) is 3. The van der Waals surface area contributed by atoms with Gasteiger partial charge in [0.2, 0.25) is 0 Å². The van der Waals surface area contributed by atoms with Gasteiger partial charge in [-0.05, 0) is 50.7 Å². The summed E-state index contributed by atoms with van der Waals surface area (Å²) < 4.78 is 0. The number of nitrogens with one attached hydrogen (secondary N) is 1. The third kappa shape index (κ3) is 3.07. The number of ketones is 1. The molecule has 3 nitrogen and oxygen atoms in total. The second-order valence-electron chi connectivity index (χ2n) is 4.55. The van der Waals surface area contributed by atoms with E-state index in [0.29, 0.717) is 6.04 Å². The van der Waals surface area contributed by atoms with E-state index in [1.54, 1.807) is 6.92 Å². The van der Waals surface area contributed by atoms with Crippen LogP contribution in [0.15, 0.2) is 24.3 Å². The Labute approximate surface area is 103 Å². The average molecular weight is 232 g/mol. The lowest BCUT2D eigenvalue weighted by molar-refractivity contribution is 0.101. The fourth-order valence-electron chi connectivity index (χ4n) is 2.08. The van der Waals surface area contributed by atoms with Crippen molar-refractivity contribution in [3.63, 3.8) is 0 Å². The molecule has 1 N–H and O–H groups in total. The van der Waals surface area contributed by atoms with Gasteiger partial charge >= 0.3 is 0 Å². The van der Waals surface area contributed by atoms with Crippen molar-refractivity contribution in [2.75, 3.05) is 24.5 Å². The molecule has 92 valence electrons. The van der Waals surface area contributed by atoms with Gasteiger partial charge in [0.15, 0.2) is 5.78 Å². The summed E-state index contributed by atoms with van der Waals surface area (Å²) in [7, 11) is 0. The lowest BCUT2D eigenvalue weighted by Gasteiger charge is -2.06. The lowest BCUT2D eigenvalue weighted by atomic mass is 10.1. The molecule has 0 aliphatic carbocycles. The molecule has 0 spiro atoms. The highest BCUT2D eigenvalue weighted by Gasteiger charge is 2.33. The molecule has 0 saturated carbocycles. The molecule has 0 radical (unpaired) electrons. The van der Waals surface area contributed by atoms with Gasteiger partial charge < -0.3 is 10.2 Å². The van der Waals surface area contributed by atoms with Crippen LogP contribution in [0.3, 0.4) is 0 Å². The summed E-state index contributed by atoms with van der Waals surface area (Å²) in [6.07, 6.45) is 1.20. The van der Waals surface area contributed by atoms with Gasteiger partial charge in [0, 0.05) is 23.8 Å². The van der Waals surface area contributed by atoms with E-state index in [1.165, 1.54) is 12.1 Å². The first-order chi connectivity index (χ1) is 8.22. The molecule has 1 aliphatic heterocycles. The van der Waals surface area contributed by atoms with E-state index >= 15 is 0 Å². The zero-order chi connectivity index (χ0) is 12.3. The molecular formula is C14H20N2O. The van der Waals surface area contributed by atoms with E-state index in [9.17, 15) is 4.79 Å². The van der Waals surface area contributed by atoms with Crippen LogP contribution < -0.4 is 10.2 Å². The van der Waals surface area contributed by atoms with Crippen LogP contribution in [0, 0.1) is 0 Å². The summed E-state index contributed by atoms with van der Waals surface area (Å²) in [5.74, 6) is 0.131. The minimum atomic E-state index is 0.131. The molecule has 3 heteroatoms. The summed E-state index contributed by atoms with van der Waals surface area (Å²) in [6.45, 7) is 7.00. The minimum absolute atomic E-state index is 0.131. The van der Waals surface area contributed by atoms with Crippen LogP contribution in [0.4, 0.5) is 5.69 Å². The molecule has 1 fully saturated rings. The molecule has 1 saturated heterocycles. The smallest absolute Gasteiger partial charge is 0.159 e. The second-order valence-corrected chi connectivity index (χ2v) is 4.55. The number of anilines is 1. The summed E-state index contributed by atoms with van der Waals surface area (Å²) >= 11 is 0. The largest absolute Gasteiger partial charge is 0.365 e. The van der Waals surface area contributed by atoms with Crippen LogP contribution in [-0.2, 0) is 0 Å². The quantitative estimate of drug-likeness (QED) is 0.463. The van der Waals surface area contributed by atoms with Crippen molar-refractivity contribution < 1.29 is 4.79 Å². The Morgan fingerprint density at radius 2 is 2.12 bits per heavy atom. The van der Waals surface area contributed by atoms with Gasteiger partial charge in [-0.15, -0.1) is 0 Å². The standard InChI is InChI=1S/C14H20N2O/c1-3-15-9-8-14-10-16(14)13-6-4-12(5-7-13)11(2)17/h4-7,14-15H,3,8-10H2,1-2H3. The zero-order valence-corrected chi connectivity index (χ0v) is 10.6. The topological polar surface area (TPSA) is 32.1 Å². The lowest BCUT2D eigenvalue weighted by Crippen LogP contribution is -2.16. The van der Waals surface area contributed by atoms with Gasteiger partial charge in [-0.2, -0.15) is 0 Å². The van der Waals surface area contributed by atoms with Crippen molar-refractivity contribution in [1.29, 1.82) is 0 Å². The number of rotatable bonds is 6. The predicted molar refractivity (Wildman–Crippen MR) is 70.7 cm³/mol. The molecule has 17 heavy (non-hydrogen) atoms.